The first-order chi connectivity index (χ1) is 17.0. The zero-order valence-corrected chi connectivity index (χ0v) is 22.7. The van der Waals surface area contributed by atoms with Crippen molar-refractivity contribution in [1.82, 2.24) is 10.2 Å². The van der Waals surface area contributed by atoms with Gasteiger partial charge < -0.3 is 10.2 Å². The molecule has 0 fully saturated rings. The lowest BCUT2D eigenvalue weighted by Crippen LogP contribution is -2.52. The number of amides is 2. The van der Waals surface area contributed by atoms with Crippen molar-refractivity contribution in [3.8, 4) is 0 Å². The van der Waals surface area contributed by atoms with Crippen LogP contribution in [0.4, 0.5) is 0 Å². The van der Waals surface area contributed by atoms with Gasteiger partial charge in [0.15, 0.2) is 0 Å². The first-order valence-corrected chi connectivity index (χ1v) is 13.9. The Kier molecular flexibility index (Phi) is 10.9. The third kappa shape index (κ3) is 8.86. The van der Waals surface area contributed by atoms with Crippen LogP contribution in [-0.2, 0) is 28.3 Å². The third-order valence-electron chi connectivity index (χ3n) is 5.88. The number of thioether (sulfide) groups is 1. The van der Waals surface area contributed by atoms with Crippen LogP contribution in [0.2, 0.25) is 0 Å². The Balaban J connectivity index is 1.82. The zero-order valence-electron chi connectivity index (χ0n) is 20.3. The second-order valence-electron chi connectivity index (χ2n) is 8.65. The van der Waals surface area contributed by atoms with Gasteiger partial charge in [-0.25, -0.2) is 0 Å². The molecule has 2 amide bonds. The molecule has 184 valence electrons. The van der Waals surface area contributed by atoms with Gasteiger partial charge in [0.05, 0.1) is 5.75 Å². The number of nitrogens with zero attached hydrogens (tertiary/aromatic N) is 1. The molecule has 0 unspecified atom stereocenters. The smallest absolute Gasteiger partial charge is 0.243 e. The SMILES string of the molecule is CC[C@H](C)NC(=O)[C@H](Cc1ccccc1)N(Cc1ccccc1)C(=O)CSCc1ccc(Br)cc1. The Hall–Kier alpha value is -2.57. The molecule has 0 aliphatic rings. The predicted octanol–water partition coefficient (Wildman–Crippen LogP) is 6.24. The van der Waals surface area contributed by atoms with E-state index in [1.807, 2.05) is 86.6 Å². The lowest BCUT2D eigenvalue weighted by Gasteiger charge is -2.32. The van der Waals surface area contributed by atoms with Gasteiger partial charge >= 0.3 is 0 Å². The van der Waals surface area contributed by atoms with Crippen molar-refractivity contribution < 1.29 is 9.59 Å². The molecule has 0 bridgehead atoms. The van der Waals surface area contributed by atoms with Crippen molar-refractivity contribution in [2.75, 3.05) is 5.75 Å². The van der Waals surface area contributed by atoms with Crippen LogP contribution in [0.3, 0.4) is 0 Å². The summed E-state index contributed by atoms with van der Waals surface area (Å²) in [5.74, 6) is 0.910. The fraction of sp³-hybridized carbons (Fsp3) is 0.310. The summed E-state index contributed by atoms with van der Waals surface area (Å²) in [5.41, 5.74) is 3.20. The Morgan fingerprint density at radius 1 is 0.886 bits per heavy atom. The average Bonchev–Trinajstić information content (AvgIpc) is 2.88. The minimum atomic E-state index is -0.590. The van der Waals surface area contributed by atoms with Gasteiger partial charge in [-0.15, -0.1) is 11.8 Å². The molecule has 3 rings (SSSR count). The first kappa shape index (κ1) is 27.0. The second kappa shape index (κ2) is 14.1. The quantitative estimate of drug-likeness (QED) is 0.289. The Bertz CT molecular complexity index is 1060. The molecular weight excluding hydrogens is 520 g/mol. The van der Waals surface area contributed by atoms with Gasteiger partial charge in [-0.05, 0) is 42.2 Å². The van der Waals surface area contributed by atoms with Gasteiger partial charge in [0, 0.05) is 29.2 Å². The summed E-state index contributed by atoms with van der Waals surface area (Å²) in [6.45, 7) is 4.43. The van der Waals surface area contributed by atoms with Crippen molar-refractivity contribution in [2.24, 2.45) is 0 Å². The van der Waals surface area contributed by atoms with E-state index in [0.717, 1.165) is 33.3 Å². The Labute approximate surface area is 221 Å². The van der Waals surface area contributed by atoms with Crippen molar-refractivity contribution >= 4 is 39.5 Å². The highest BCUT2D eigenvalue weighted by atomic mass is 79.9. The fourth-order valence-electron chi connectivity index (χ4n) is 3.69. The monoisotopic (exact) mass is 552 g/mol. The van der Waals surface area contributed by atoms with E-state index >= 15 is 0 Å². The third-order valence-corrected chi connectivity index (χ3v) is 7.39. The van der Waals surface area contributed by atoms with Crippen molar-refractivity contribution in [2.45, 2.75) is 51.1 Å². The highest BCUT2D eigenvalue weighted by molar-refractivity contribution is 9.10. The van der Waals surface area contributed by atoms with Gasteiger partial charge in [-0.3, -0.25) is 9.59 Å². The van der Waals surface area contributed by atoms with Crippen LogP contribution in [0.1, 0.15) is 37.0 Å². The van der Waals surface area contributed by atoms with Gasteiger partial charge in [-0.1, -0.05) is 95.7 Å². The molecule has 0 aliphatic heterocycles. The molecule has 3 aromatic carbocycles. The summed E-state index contributed by atoms with van der Waals surface area (Å²) in [4.78, 5) is 28.8. The fourth-order valence-corrected chi connectivity index (χ4v) is 4.83. The van der Waals surface area contributed by atoms with E-state index in [2.05, 4.69) is 33.4 Å². The largest absolute Gasteiger partial charge is 0.352 e. The molecule has 0 radical (unpaired) electrons. The molecule has 3 aromatic rings. The van der Waals surface area contributed by atoms with Crippen LogP contribution in [0.15, 0.2) is 89.4 Å². The van der Waals surface area contributed by atoms with E-state index in [-0.39, 0.29) is 17.9 Å². The van der Waals surface area contributed by atoms with Gasteiger partial charge in [0.2, 0.25) is 11.8 Å². The van der Waals surface area contributed by atoms with E-state index in [0.29, 0.717) is 18.7 Å². The molecule has 1 N–H and O–H groups in total. The van der Waals surface area contributed by atoms with Gasteiger partial charge in [0.1, 0.15) is 6.04 Å². The number of benzene rings is 3. The number of carbonyl (C=O) groups excluding carboxylic acids is 2. The molecule has 0 saturated heterocycles. The number of carbonyl (C=O) groups is 2. The van der Waals surface area contributed by atoms with E-state index in [1.165, 1.54) is 0 Å². The standard InChI is InChI=1S/C29H33BrN2O2S/c1-3-22(2)31-29(34)27(18-23-10-6-4-7-11-23)32(19-24-12-8-5-9-13-24)28(33)21-35-20-25-14-16-26(30)17-15-25/h4-17,22,27H,3,18-21H2,1-2H3,(H,31,34)/t22-,27-/m0/s1. The van der Waals surface area contributed by atoms with E-state index in [1.54, 1.807) is 16.7 Å². The molecule has 2 atom stereocenters. The number of hydrogen-bond donors (Lipinski definition) is 1. The zero-order chi connectivity index (χ0) is 25.0. The van der Waals surface area contributed by atoms with Crippen LogP contribution in [0.5, 0.6) is 0 Å². The number of halogens is 1. The molecule has 0 saturated carbocycles. The van der Waals surface area contributed by atoms with Crippen molar-refractivity contribution in [1.29, 1.82) is 0 Å². The molecular formula is C29H33BrN2O2S. The summed E-state index contributed by atoms with van der Waals surface area (Å²) < 4.78 is 1.03. The second-order valence-corrected chi connectivity index (χ2v) is 10.6. The molecule has 6 heteroatoms. The van der Waals surface area contributed by atoms with Crippen LogP contribution in [0, 0.1) is 0 Å². The summed E-state index contributed by atoms with van der Waals surface area (Å²) in [5, 5.41) is 3.11. The average molecular weight is 554 g/mol. The summed E-state index contributed by atoms with van der Waals surface area (Å²) >= 11 is 5.04. The van der Waals surface area contributed by atoms with Crippen molar-refractivity contribution in [3.63, 3.8) is 0 Å². The van der Waals surface area contributed by atoms with Crippen LogP contribution in [0.25, 0.3) is 0 Å². The highest BCUT2D eigenvalue weighted by Gasteiger charge is 2.30. The Morgan fingerprint density at radius 3 is 2.09 bits per heavy atom. The number of hydrogen-bond acceptors (Lipinski definition) is 3. The van der Waals surface area contributed by atoms with E-state index in [9.17, 15) is 9.59 Å². The van der Waals surface area contributed by atoms with E-state index < -0.39 is 6.04 Å². The molecule has 35 heavy (non-hydrogen) atoms. The highest BCUT2D eigenvalue weighted by Crippen LogP contribution is 2.20. The summed E-state index contributed by atoms with van der Waals surface area (Å²) in [6, 6.07) is 27.4. The predicted molar refractivity (Wildman–Crippen MR) is 149 cm³/mol. The summed E-state index contributed by atoms with van der Waals surface area (Å²) in [7, 11) is 0. The van der Waals surface area contributed by atoms with Gasteiger partial charge in [-0.2, -0.15) is 0 Å². The molecule has 4 nitrogen and oxygen atoms in total. The maximum absolute atomic E-state index is 13.6. The van der Waals surface area contributed by atoms with Crippen LogP contribution < -0.4 is 5.32 Å². The maximum Gasteiger partial charge on any atom is 0.243 e. The molecule has 0 heterocycles. The molecule has 0 aliphatic carbocycles. The maximum atomic E-state index is 13.6. The van der Waals surface area contributed by atoms with Crippen LogP contribution >= 0.6 is 27.7 Å². The minimum Gasteiger partial charge on any atom is -0.352 e. The normalized spacial score (nSPS) is 12.5. The molecule has 0 spiro atoms. The Morgan fingerprint density at radius 2 is 1.49 bits per heavy atom. The van der Waals surface area contributed by atoms with Crippen LogP contribution in [-0.4, -0.2) is 34.6 Å². The minimum absolute atomic E-state index is 0.0313. The number of rotatable bonds is 12. The lowest BCUT2D eigenvalue weighted by molar-refractivity contribution is -0.139. The number of nitrogens with one attached hydrogen (secondary N) is 1. The van der Waals surface area contributed by atoms with Gasteiger partial charge in [0.25, 0.3) is 0 Å². The topological polar surface area (TPSA) is 49.4 Å². The summed E-state index contributed by atoms with van der Waals surface area (Å²) in [6.07, 6.45) is 1.30. The van der Waals surface area contributed by atoms with E-state index in [4.69, 9.17) is 0 Å². The van der Waals surface area contributed by atoms with Crippen molar-refractivity contribution in [3.05, 3.63) is 106 Å². The first-order valence-electron chi connectivity index (χ1n) is 12.0. The molecule has 0 aromatic heterocycles. The lowest BCUT2D eigenvalue weighted by atomic mass is 10.0.